The van der Waals surface area contributed by atoms with Gasteiger partial charge in [0, 0.05) is 17.7 Å². The van der Waals surface area contributed by atoms with Gasteiger partial charge in [0.2, 0.25) is 0 Å². The fourth-order valence-corrected chi connectivity index (χ4v) is 4.32. The van der Waals surface area contributed by atoms with E-state index < -0.39 is 11.5 Å². The molecular weight excluding hydrogens is 333 g/mol. The molecule has 0 aliphatic heterocycles. The van der Waals surface area contributed by atoms with E-state index in [0.717, 1.165) is 24.8 Å². The van der Waals surface area contributed by atoms with Crippen molar-refractivity contribution in [3.63, 3.8) is 0 Å². The molecule has 1 aromatic carbocycles. The zero-order chi connectivity index (χ0) is 17.0. The number of carbonyl (C=O) groups is 1. The maximum atomic E-state index is 11.7. The molecule has 3 N–H and O–H groups in total. The lowest BCUT2D eigenvalue weighted by Gasteiger charge is -2.39. The molecule has 3 nitrogen and oxygen atoms in total. The summed E-state index contributed by atoms with van der Waals surface area (Å²) in [6.07, 6.45) is 3.66. The van der Waals surface area contributed by atoms with Crippen LogP contribution in [0, 0.1) is 0 Å². The van der Waals surface area contributed by atoms with E-state index in [9.17, 15) is 9.90 Å². The van der Waals surface area contributed by atoms with Crippen molar-refractivity contribution in [2.75, 3.05) is 11.8 Å². The van der Waals surface area contributed by atoms with Gasteiger partial charge in [-0.05, 0) is 54.7 Å². The van der Waals surface area contributed by atoms with Gasteiger partial charge in [-0.25, -0.2) is 0 Å². The number of hydrogen-bond acceptors (Lipinski definition) is 2. The first-order valence-corrected chi connectivity index (χ1v) is 9.31. The minimum atomic E-state index is -1.17. The Morgan fingerprint density at radius 3 is 2.57 bits per heavy atom. The predicted molar refractivity (Wildman–Crippen MR) is 95.8 cm³/mol. The number of aliphatic carboxylic acids is 1. The molecule has 0 radical (unpaired) electrons. The summed E-state index contributed by atoms with van der Waals surface area (Å²) >= 11 is 11.9. The number of carboxylic acids is 1. The second-order valence-electron chi connectivity index (χ2n) is 6.42. The molecular formula is C18H25Cl2NO2. The van der Waals surface area contributed by atoms with Crippen molar-refractivity contribution < 1.29 is 9.90 Å². The van der Waals surface area contributed by atoms with Gasteiger partial charge < -0.3 is 10.8 Å². The largest absolute Gasteiger partial charge is 0.480 e. The van der Waals surface area contributed by atoms with Gasteiger partial charge in [-0.2, -0.15) is 0 Å². The molecule has 5 heteroatoms. The Bertz CT molecular complexity index is 558. The third kappa shape index (κ3) is 3.67. The number of halogens is 2. The van der Waals surface area contributed by atoms with Crippen LogP contribution in [0.5, 0.6) is 0 Å². The lowest BCUT2D eigenvalue weighted by atomic mass is 9.68. The topological polar surface area (TPSA) is 63.3 Å². The minimum absolute atomic E-state index is 0.156. The molecule has 2 unspecified atom stereocenters. The zero-order valence-corrected chi connectivity index (χ0v) is 15.0. The van der Waals surface area contributed by atoms with E-state index in [0.29, 0.717) is 30.5 Å². The van der Waals surface area contributed by atoms with Crippen molar-refractivity contribution in [3.05, 3.63) is 34.9 Å². The van der Waals surface area contributed by atoms with Crippen LogP contribution < -0.4 is 5.73 Å². The van der Waals surface area contributed by atoms with Gasteiger partial charge in [-0.15, -0.1) is 23.2 Å². The molecule has 1 aromatic rings. The number of rotatable bonds is 7. The molecule has 0 fully saturated rings. The Morgan fingerprint density at radius 2 is 2.04 bits per heavy atom. The monoisotopic (exact) mass is 357 g/mol. The summed E-state index contributed by atoms with van der Waals surface area (Å²) in [6, 6.07) is 6.42. The Balaban J connectivity index is 2.43. The van der Waals surface area contributed by atoms with Crippen LogP contribution >= 0.6 is 23.2 Å². The molecule has 128 valence electrons. The summed E-state index contributed by atoms with van der Waals surface area (Å²) in [5.41, 5.74) is 8.61. The number of alkyl halides is 2. The summed E-state index contributed by atoms with van der Waals surface area (Å²) in [5.74, 6) is 0.430. The first-order chi connectivity index (χ1) is 11.0. The molecule has 0 bridgehead atoms. The number of hydrogen-bond donors (Lipinski definition) is 2. The molecule has 0 saturated carbocycles. The van der Waals surface area contributed by atoms with Crippen molar-refractivity contribution >= 4 is 29.2 Å². The van der Waals surface area contributed by atoms with Crippen LogP contribution in [0.4, 0.5) is 0 Å². The lowest BCUT2D eigenvalue weighted by molar-refractivity contribution is -0.145. The molecule has 23 heavy (non-hydrogen) atoms. The average Bonchev–Trinajstić information content (AvgIpc) is 2.54. The predicted octanol–water partition coefficient (Wildman–Crippen LogP) is 4.25. The van der Waals surface area contributed by atoms with Gasteiger partial charge in [-0.3, -0.25) is 4.79 Å². The van der Waals surface area contributed by atoms with Crippen molar-refractivity contribution in [3.8, 4) is 0 Å². The highest BCUT2D eigenvalue weighted by molar-refractivity contribution is 6.18. The molecule has 0 spiro atoms. The second-order valence-corrected chi connectivity index (χ2v) is 7.17. The standard InChI is InChI=1S/C18H25Cl2NO2/c1-2-16-15-11-14(12(6-9-19)7-10-20)4-3-13(15)5-8-18(16,21)17(22)23/h3-4,11-12,16H,2,5-10,21H2,1H3,(H,22,23). The number of nitrogens with two attached hydrogens (primary N) is 1. The lowest BCUT2D eigenvalue weighted by Crippen LogP contribution is -2.55. The minimum Gasteiger partial charge on any atom is -0.480 e. The van der Waals surface area contributed by atoms with E-state index in [-0.39, 0.29) is 5.92 Å². The van der Waals surface area contributed by atoms with Crippen LogP contribution in [0.3, 0.4) is 0 Å². The summed E-state index contributed by atoms with van der Waals surface area (Å²) < 4.78 is 0. The first-order valence-electron chi connectivity index (χ1n) is 8.24. The average molecular weight is 358 g/mol. The van der Waals surface area contributed by atoms with E-state index in [2.05, 4.69) is 18.2 Å². The van der Waals surface area contributed by atoms with Crippen molar-refractivity contribution in [1.82, 2.24) is 0 Å². The Labute approximate surface area is 148 Å². The maximum Gasteiger partial charge on any atom is 0.324 e. The van der Waals surface area contributed by atoms with E-state index in [1.54, 1.807) is 0 Å². The molecule has 0 saturated heterocycles. The third-order valence-corrected chi connectivity index (χ3v) is 5.60. The van der Waals surface area contributed by atoms with Gasteiger partial charge in [0.15, 0.2) is 0 Å². The molecule has 1 aliphatic rings. The van der Waals surface area contributed by atoms with E-state index in [4.69, 9.17) is 28.9 Å². The Hall–Kier alpha value is -0.770. The smallest absolute Gasteiger partial charge is 0.324 e. The zero-order valence-electron chi connectivity index (χ0n) is 13.5. The van der Waals surface area contributed by atoms with Crippen molar-refractivity contribution in [2.24, 2.45) is 5.73 Å². The van der Waals surface area contributed by atoms with Crippen LogP contribution in [0.1, 0.15) is 61.1 Å². The number of aryl methyl sites for hydroxylation is 1. The highest BCUT2D eigenvalue weighted by Crippen LogP contribution is 2.41. The second kappa shape index (κ2) is 7.87. The van der Waals surface area contributed by atoms with Crippen LogP contribution in [-0.4, -0.2) is 28.4 Å². The summed E-state index contributed by atoms with van der Waals surface area (Å²) in [6.45, 7) is 2.01. The van der Waals surface area contributed by atoms with E-state index in [1.807, 2.05) is 6.92 Å². The van der Waals surface area contributed by atoms with Gasteiger partial charge in [0.1, 0.15) is 5.54 Å². The SMILES string of the molecule is CCC1c2cc(C(CCCl)CCCl)ccc2CCC1(N)C(=O)O. The molecule has 0 amide bonds. The van der Waals surface area contributed by atoms with Crippen LogP contribution in [0.15, 0.2) is 18.2 Å². The number of carboxylic acid groups (broad SMARTS) is 1. The van der Waals surface area contributed by atoms with Gasteiger partial charge >= 0.3 is 5.97 Å². The quantitative estimate of drug-likeness (QED) is 0.716. The van der Waals surface area contributed by atoms with Crippen molar-refractivity contribution in [1.29, 1.82) is 0 Å². The van der Waals surface area contributed by atoms with Gasteiger partial charge in [0.05, 0.1) is 0 Å². The summed E-state index contributed by atoms with van der Waals surface area (Å²) in [7, 11) is 0. The number of benzene rings is 1. The van der Waals surface area contributed by atoms with Crippen LogP contribution in [0.2, 0.25) is 0 Å². The highest BCUT2D eigenvalue weighted by Gasteiger charge is 2.45. The molecule has 2 rings (SSSR count). The maximum absolute atomic E-state index is 11.7. The number of fused-ring (bicyclic) bond motifs is 1. The summed E-state index contributed by atoms with van der Waals surface area (Å²) in [4.78, 5) is 11.7. The Kier molecular flexibility index (Phi) is 6.35. The highest BCUT2D eigenvalue weighted by atomic mass is 35.5. The van der Waals surface area contributed by atoms with E-state index >= 15 is 0 Å². The van der Waals surface area contributed by atoms with Gasteiger partial charge in [-0.1, -0.05) is 25.1 Å². The Morgan fingerprint density at radius 1 is 1.39 bits per heavy atom. The molecule has 0 aromatic heterocycles. The van der Waals surface area contributed by atoms with Crippen LogP contribution in [0.25, 0.3) is 0 Å². The first kappa shape index (κ1) is 18.6. The molecule has 2 atom stereocenters. The fourth-order valence-electron chi connectivity index (χ4n) is 3.79. The summed E-state index contributed by atoms with van der Waals surface area (Å²) in [5, 5.41) is 9.61. The normalized spacial score (nSPS) is 23.8. The van der Waals surface area contributed by atoms with Crippen LogP contribution in [-0.2, 0) is 11.2 Å². The molecule has 1 aliphatic carbocycles. The third-order valence-electron chi connectivity index (χ3n) is 5.17. The van der Waals surface area contributed by atoms with Gasteiger partial charge in [0.25, 0.3) is 0 Å². The van der Waals surface area contributed by atoms with Crippen molar-refractivity contribution in [2.45, 2.75) is 56.4 Å². The molecule has 0 heterocycles. The fraction of sp³-hybridized carbons (Fsp3) is 0.611. The van der Waals surface area contributed by atoms with E-state index in [1.165, 1.54) is 11.1 Å².